The molecule has 2 heteroatoms. The van der Waals surface area contributed by atoms with E-state index < -0.39 is 0 Å². The zero-order valence-corrected chi connectivity index (χ0v) is 12.7. The van der Waals surface area contributed by atoms with Gasteiger partial charge < -0.3 is 10.5 Å². The second-order valence-electron chi connectivity index (χ2n) is 5.53. The Labute approximate surface area is 121 Å². The summed E-state index contributed by atoms with van der Waals surface area (Å²) in [5, 5.41) is 0. The van der Waals surface area contributed by atoms with Crippen LogP contribution in [0.3, 0.4) is 0 Å². The molecule has 2 aromatic rings. The standard InChI is InChI=1S/C18H23NO/c1-12-8-13(2)18(14(3)9-12)11-20-17-7-5-6-16(10-17)15(4)19/h5-10,15H,11,19H2,1-4H3. The topological polar surface area (TPSA) is 35.2 Å². The lowest BCUT2D eigenvalue weighted by molar-refractivity contribution is 0.304. The average molecular weight is 269 g/mol. The first kappa shape index (κ1) is 14.6. The Hall–Kier alpha value is -1.80. The molecular formula is C18H23NO. The van der Waals surface area contributed by atoms with Crippen LogP contribution in [0, 0.1) is 20.8 Å². The van der Waals surface area contributed by atoms with Crippen LogP contribution < -0.4 is 10.5 Å². The van der Waals surface area contributed by atoms with E-state index in [4.69, 9.17) is 10.5 Å². The van der Waals surface area contributed by atoms with Crippen molar-refractivity contribution in [2.45, 2.75) is 40.3 Å². The lowest BCUT2D eigenvalue weighted by Gasteiger charge is -2.14. The van der Waals surface area contributed by atoms with Gasteiger partial charge in [-0.1, -0.05) is 29.8 Å². The quantitative estimate of drug-likeness (QED) is 0.902. The molecule has 0 aromatic heterocycles. The summed E-state index contributed by atoms with van der Waals surface area (Å²) in [4.78, 5) is 0. The second-order valence-corrected chi connectivity index (χ2v) is 5.53. The lowest BCUT2D eigenvalue weighted by atomic mass is 10.0. The van der Waals surface area contributed by atoms with Crippen LogP contribution >= 0.6 is 0 Å². The summed E-state index contributed by atoms with van der Waals surface area (Å²) >= 11 is 0. The van der Waals surface area contributed by atoms with Gasteiger partial charge in [0.25, 0.3) is 0 Å². The van der Waals surface area contributed by atoms with E-state index in [0.29, 0.717) is 6.61 Å². The van der Waals surface area contributed by atoms with Crippen molar-refractivity contribution in [1.82, 2.24) is 0 Å². The summed E-state index contributed by atoms with van der Waals surface area (Å²) in [6.07, 6.45) is 0. The maximum absolute atomic E-state index is 5.93. The van der Waals surface area contributed by atoms with Crippen LogP contribution in [0.15, 0.2) is 36.4 Å². The van der Waals surface area contributed by atoms with Gasteiger partial charge in [0.2, 0.25) is 0 Å². The minimum absolute atomic E-state index is 0.0291. The van der Waals surface area contributed by atoms with E-state index in [0.717, 1.165) is 11.3 Å². The predicted molar refractivity (Wildman–Crippen MR) is 84.0 cm³/mol. The number of hydrogen-bond acceptors (Lipinski definition) is 2. The molecule has 1 atom stereocenters. The van der Waals surface area contributed by atoms with Crippen LogP contribution in [0.2, 0.25) is 0 Å². The Morgan fingerprint density at radius 1 is 1.05 bits per heavy atom. The van der Waals surface area contributed by atoms with Gasteiger partial charge in [0.15, 0.2) is 0 Å². The first-order valence-corrected chi connectivity index (χ1v) is 7.02. The van der Waals surface area contributed by atoms with Gasteiger partial charge in [-0.3, -0.25) is 0 Å². The van der Waals surface area contributed by atoms with Gasteiger partial charge in [-0.25, -0.2) is 0 Å². The van der Waals surface area contributed by atoms with Crippen LogP contribution in [0.25, 0.3) is 0 Å². The SMILES string of the molecule is Cc1cc(C)c(COc2cccc(C(C)N)c2)c(C)c1. The van der Waals surface area contributed by atoms with Gasteiger partial charge >= 0.3 is 0 Å². The summed E-state index contributed by atoms with van der Waals surface area (Å²) in [5.41, 5.74) is 12.1. The largest absolute Gasteiger partial charge is 0.489 e. The molecule has 2 aromatic carbocycles. The highest BCUT2D eigenvalue weighted by Crippen LogP contribution is 2.21. The van der Waals surface area contributed by atoms with Crippen molar-refractivity contribution < 1.29 is 4.74 Å². The maximum atomic E-state index is 5.93. The minimum atomic E-state index is 0.0291. The summed E-state index contributed by atoms with van der Waals surface area (Å²) < 4.78 is 5.93. The summed E-state index contributed by atoms with van der Waals surface area (Å²) in [7, 11) is 0. The molecular weight excluding hydrogens is 246 g/mol. The van der Waals surface area contributed by atoms with E-state index in [1.54, 1.807) is 0 Å². The van der Waals surface area contributed by atoms with Crippen LogP contribution in [0.4, 0.5) is 0 Å². The monoisotopic (exact) mass is 269 g/mol. The first-order chi connectivity index (χ1) is 9.47. The highest BCUT2D eigenvalue weighted by Gasteiger charge is 2.06. The van der Waals surface area contributed by atoms with Crippen molar-refractivity contribution in [3.8, 4) is 5.75 Å². The molecule has 106 valence electrons. The lowest BCUT2D eigenvalue weighted by Crippen LogP contribution is -2.06. The van der Waals surface area contributed by atoms with Crippen LogP contribution in [0.1, 0.15) is 40.8 Å². The van der Waals surface area contributed by atoms with Gasteiger partial charge in [0.05, 0.1) is 0 Å². The zero-order valence-electron chi connectivity index (χ0n) is 12.7. The molecule has 1 unspecified atom stereocenters. The van der Waals surface area contributed by atoms with Crippen molar-refractivity contribution in [2.24, 2.45) is 5.73 Å². The van der Waals surface area contributed by atoms with Crippen molar-refractivity contribution in [2.75, 3.05) is 0 Å². The van der Waals surface area contributed by atoms with E-state index in [1.165, 1.54) is 22.3 Å². The third-order valence-corrected chi connectivity index (χ3v) is 3.61. The smallest absolute Gasteiger partial charge is 0.120 e. The van der Waals surface area contributed by atoms with Gasteiger partial charge in [0, 0.05) is 6.04 Å². The maximum Gasteiger partial charge on any atom is 0.120 e. The van der Waals surface area contributed by atoms with Crippen LogP contribution in [0.5, 0.6) is 5.75 Å². The summed E-state index contributed by atoms with van der Waals surface area (Å²) in [6, 6.07) is 12.4. The Balaban J connectivity index is 2.15. The highest BCUT2D eigenvalue weighted by atomic mass is 16.5. The number of aryl methyl sites for hydroxylation is 3. The summed E-state index contributed by atoms with van der Waals surface area (Å²) in [5.74, 6) is 0.874. The average Bonchev–Trinajstić information content (AvgIpc) is 2.37. The zero-order chi connectivity index (χ0) is 14.7. The Kier molecular flexibility index (Phi) is 4.46. The van der Waals surface area contributed by atoms with Crippen LogP contribution in [-0.4, -0.2) is 0 Å². The number of hydrogen-bond donors (Lipinski definition) is 1. The molecule has 0 aliphatic rings. The molecule has 0 heterocycles. The third-order valence-electron chi connectivity index (χ3n) is 3.61. The fraction of sp³-hybridized carbons (Fsp3) is 0.333. The number of ether oxygens (including phenoxy) is 1. The van der Waals surface area contributed by atoms with Crippen molar-refractivity contribution >= 4 is 0 Å². The fourth-order valence-corrected chi connectivity index (χ4v) is 2.48. The molecule has 0 aliphatic heterocycles. The van der Waals surface area contributed by atoms with E-state index in [1.807, 2.05) is 31.2 Å². The highest BCUT2D eigenvalue weighted by molar-refractivity contribution is 5.38. The minimum Gasteiger partial charge on any atom is -0.489 e. The third kappa shape index (κ3) is 3.40. The molecule has 0 bridgehead atoms. The van der Waals surface area contributed by atoms with Crippen molar-refractivity contribution in [1.29, 1.82) is 0 Å². The summed E-state index contributed by atoms with van der Waals surface area (Å²) in [6.45, 7) is 8.97. The number of benzene rings is 2. The molecule has 0 amide bonds. The van der Waals surface area contributed by atoms with Crippen LogP contribution in [-0.2, 0) is 6.61 Å². The molecule has 0 fully saturated rings. The van der Waals surface area contributed by atoms with Gasteiger partial charge in [-0.2, -0.15) is 0 Å². The van der Waals surface area contributed by atoms with Gasteiger partial charge in [-0.15, -0.1) is 0 Å². The predicted octanol–water partition coefficient (Wildman–Crippen LogP) is 4.21. The number of rotatable bonds is 4. The molecule has 20 heavy (non-hydrogen) atoms. The Bertz CT molecular complexity index is 579. The second kappa shape index (κ2) is 6.10. The molecule has 2 nitrogen and oxygen atoms in total. The van der Waals surface area contributed by atoms with Crippen molar-refractivity contribution in [3.05, 3.63) is 64.2 Å². The molecule has 2 rings (SSSR count). The van der Waals surface area contributed by atoms with Crippen molar-refractivity contribution in [3.63, 3.8) is 0 Å². The van der Waals surface area contributed by atoms with Gasteiger partial charge in [-0.05, 0) is 62.1 Å². The molecule has 2 N–H and O–H groups in total. The normalized spacial score (nSPS) is 12.2. The molecule has 0 saturated carbocycles. The number of nitrogens with two attached hydrogens (primary N) is 1. The Morgan fingerprint density at radius 3 is 2.30 bits per heavy atom. The van der Waals surface area contributed by atoms with E-state index in [2.05, 4.69) is 32.9 Å². The van der Waals surface area contributed by atoms with Gasteiger partial charge in [0.1, 0.15) is 12.4 Å². The molecule has 0 saturated heterocycles. The van der Waals surface area contributed by atoms with E-state index >= 15 is 0 Å². The van der Waals surface area contributed by atoms with E-state index in [9.17, 15) is 0 Å². The molecule has 0 spiro atoms. The Morgan fingerprint density at radius 2 is 1.70 bits per heavy atom. The van der Waals surface area contributed by atoms with E-state index in [-0.39, 0.29) is 6.04 Å². The molecule has 0 aliphatic carbocycles. The first-order valence-electron chi connectivity index (χ1n) is 7.02. The fourth-order valence-electron chi connectivity index (χ4n) is 2.48. The molecule has 0 radical (unpaired) electrons.